The van der Waals surface area contributed by atoms with Crippen LogP contribution in [0.15, 0.2) is 71.3 Å². The van der Waals surface area contributed by atoms with Crippen LogP contribution >= 0.6 is 0 Å². The van der Waals surface area contributed by atoms with Gasteiger partial charge in [-0.3, -0.25) is 9.59 Å². The number of hydrogen-bond acceptors (Lipinski definition) is 6. The van der Waals surface area contributed by atoms with E-state index in [9.17, 15) is 24.2 Å². The van der Waals surface area contributed by atoms with Crippen LogP contribution in [0.4, 0.5) is 4.39 Å². The number of aliphatic carboxylic acids is 1. The van der Waals surface area contributed by atoms with E-state index in [1.165, 1.54) is 18.2 Å². The lowest BCUT2D eigenvalue weighted by Gasteiger charge is -2.17. The number of aromatic nitrogens is 2. The maximum absolute atomic E-state index is 14.0. The Morgan fingerprint density at radius 2 is 1.71 bits per heavy atom. The molecule has 42 heavy (non-hydrogen) atoms. The van der Waals surface area contributed by atoms with Crippen molar-refractivity contribution in [2.45, 2.75) is 58.4 Å². The second-order valence-corrected chi connectivity index (χ2v) is 10.3. The molecule has 2 aromatic carbocycles. The molecule has 4 rings (SSSR count). The van der Waals surface area contributed by atoms with Crippen molar-refractivity contribution >= 4 is 18.0 Å². The Balaban J connectivity index is 1.91. The predicted octanol–water partition coefficient (Wildman–Crippen LogP) is 5.37. The number of carboxylic acid groups (broad SMARTS) is 1. The van der Waals surface area contributed by atoms with Gasteiger partial charge in [-0.15, -0.1) is 0 Å². The van der Waals surface area contributed by atoms with E-state index in [2.05, 4.69) is 10.5 Å². The van der Waals surface area contributed by atoms with E-state index in [0.29, 0.717) is 39.5 Å². The van der Waals surface area contributed by atoms with Crippen molar-refractivity contribution in [1.82, 2.24) is 15.0 Å². The van der Waals surface area contributed by atoms with E-state index >= 15 is 0 Å². The zero-order valence-corrected chi connectivity index (χ0v) is 23.6. The summed E-state index contributed by atoms with van der Waals surface area (Å²) in [4.78, 5) is 24.9. The first-order valence-corrected chi connectivity index (χ1v) is 13.6. The number of hydrogen-bond donors (Lipinski definition) is 4. The molecule has 1 amide bonds. The molecule has 4 N–H and O–H groups in total. The number of benzene rings is 2. The lowest BCUT2D eigenvalue weighted by molar-refractivity contribution is -0.139. The first kappa shape index (κ1) is 30.4. The van der Waals surface area contributed by atoms with E-state index < -0.39 is 30.4 Å². The molecule has 2 aromatic heterocycles. The van der Waals surface area contributed by atoms with E-state index in [4.69, 9.17) is 9.63 Å². The number of aliphatic hydroxyl groups excluding tert-OH is 2. The van der Waals surface area contributed by atoms with Crippen molar-refractivity contribution in [2.24, 2.45) is 0 Å². The molecule has 0 aliphatic carbocycles. The quantitative estimate of drug-likeness (QED) is 0.178. The summed E-state index contributed by atoms with van der Waals surface area (Å²) in [6.45, 7) is 5.74. The molecule has 0 aliphatic rings. The topological polar surface area (TPSA) is 138 Å². The molecular weight excluding hydrogens is 541 g/mol. The minimum Gasteiger partial charge on any atom is -0.481 e. The SMILES string of the molecule is Cc1cc(CNC(=O)c2c(-c3ccccc3)c(-c3ccc(F)cc3)c(C=C[C@@H](O)C[C@@H](O)CC(=O)O)n2C(C)C)no1. The zero-order valence-electron chi connectivity index (χ0n) is 23.6. The van der Waals surface area contributed by atoms with Gasteiger partial charge in [0.25, 0.3) is 5.91 Å². The van der Waals surface area contributed by atoms with Crippen molar-refractivity contribution < 1.29 is 33.8 Å². The van der Waals surface area contributed by atoms with Gasteiger partial charge in [0, 0.05) is 35.3 Å². The number of carboxylic acids is 1. The monoisotopic (exact) mass is 575 g/mol. The molecule has 0 spiro atoms. The Morgan fingerprint density at radius 3 is 2.31 bits per heavy atom. The summed E-state index contributed by atoms with van der Waals surface area (Å²) in [6.07, 6.45) is 0.0252. The summed E-state index contributed by atoms with van der Waals surface area (Å²) in [5.41, 5.74) is 4.16. The smallest absolute Gasteiger partial charge is 0.305 e. The van der Waals surface area contributed by atoms with Gasteiger partial charge in [-0.25, -0.2) is 4.39 Å². The van der Waals surface area contributed by atoms with Crippen LogP contribution in [-0.4, -0.2) is 49.1 Å². The van der Waals surface area contributed by atoms with Crippen LogP contribution in [0, 0.1) is 12.7 Å². The molecule has 0 radical (unpaired) electrons. The number of aryl methyl sites for hydroxylation is 1. The van der Waals surface area contributed by atoms with Crippen molar-refractivity contribution in [3.05, 3.63) is 95.4 Å². The van der Waals surface area contributed by atoms with Gasteiger partial charge in [0.2, 0.25) is 0 Å². The van der Waals surface area contributed by atoms with Gasteiger partial charge >= 0.3 is 5.97 Å². The van der Waals surface area contributed by atoms with Crippen LogP contribution < -0.4 is 5.32 Å². The summed E-state index contributed by atoms with van der Waals surface area (Å²) in [5.74, 6) is -1.34. The Morgan fingerprint density at radius 1 is 1.05 bits per heavy atom. The summed E-state index contributed by atoms with van der Waals surface area (Å²) >= 11 is 0. The fourth-order valence-electron chi connectivity index (χ4n) is 4.93. The van der Waals surface area contributed by atoms with Gasteiger partial charge in [0.15, 0.2) is 0 Å². The molecule has 0 unspecified atom stereocenters. The molecule has 220 valence electrons. The first-order chi connectivity index (χ1) is 20.0. The second kappa shape index (κ2) is 13.4. The lowest BCUT2D eigenvalue weighted by atomic mass is 9.94. The Bertz CT molecular complexity index is 1560. The lowest BCUT2D eigenvalue weighted by Crippen LogP contribution is -2.27. The number of carbonyl (C=O) groups is 2. The number of carbonyl (C=O) groups excluding carboxylic acids is 1. The third-order valence-corrected chi connectivity index (χ3v) is 6.68. The van der Waals surface area contributed by atoms with Gasteiger partial charge in [-0.2, -0.15) is 0 Å². The molecule has 10 heteroatoms. The minimum absolute atomic E-state index is 0.130. The molecule has 0 aliphatic heterocycles. The van der Waals surface area contributed by atoms with E-state index in [1.54, 1.807) is 31.2 Å². The number of halogens is 1. The minimum atomic E-state index is -1.24. The molecule has 4 aromatic rings. The predicted molar refractivity (Wildman–Crippen MR) is 156 cm³/mol. The molecular formula is C32H34FN3O6. The highest BCUT2D eigenvalue weighted by molar-refractivity contribution is 6.06. The summed E-state index contributed by atoms with van der Waals surface area (Å²) in [6, 6.07) is 16.8. The Labute approximate surface area is 242 Å². The standard InChI is InChI=1S/C32H34FN3O6/c1-19(2)36-27(14-13-25(37)16-26(38)17-28(39)40)29(22-9-11-23(33)12-10-22)30(21-7-5-4-6-8-21)31(36)32(41)34-18-24-15-20(3)42-35-24/h4-15,19,25-26,37-38H,16-18H2,1-3H3,(H,34,41)(H,39,40)/t25-,26-/m1/s1. The molecule has 0 bridgehead atoms. The van der Waals surface area contributed by atoms with Gasteiger partial charge in [0.05, 0.1) is 25.2 Å². The highest BCUT2D eigenvalue weighted by atomic mass is 19.1. The van der Waals surface area contributed by atoms with Crippen LogP contribution in [-0.2, 0) is 11.3 Å². The second-order valence-electron chi connectivity index (χ2n) is 10.3. The largest absolute Gasteiger partial charge is 0.481 e. The molecule has 0 saturated heterocycles. The van der Waals surface area contributed by atoms with Gasteiger partial charge in [-0.1, -0.05) is 53.7 Å². The van der Waals surface area contributed by atoms with Crippen molar-refractivity contribution in [2.75, 3.05) is 0 Å². The molecule has 0 saturated carbocycles. The maximum atomic E-state index is 14.0. The van der Waals surface area contributed by atoms with Crippen molar-refractivity contribution in [1.29, 1.82) is 0 Å². The summed E-state index contributed by atoms with van der Waals surface area (Å²) < 4.78 is 21.0. The van der Waals surface area contributed by atoms with E-state index in [0.717, 1.165) is 5.56 Å². The van der Waals surface area contributed by atoms with Crippen LogP contribution in [0.2, 0.25) is 0 Å². The molecule has 9 nitrogen and oxygen atoms in total. The highest BCUT2D eigenvalue weighted by Gasteiger charge is 2.29. The average Bonchev–Trinajstić information content (AvgIpc) is 3.52. The van der Waals surface area contributed by atoms with Gasteiger partial charge < -0.3 is 29.7 Å². The van der Waals surface area contributed by atoms with Crippen molar-refractivity contribution in [3.8, 4) is 22.3 Å². The van der Waals surface area contributed by atoms with Crippen LogP contribution in [0.1, 0.15) is 60.4 Å². The molecule has 0 fully saturated rings. The first-order valence-electron chi connectivity index (χ1n) is 13.6. The third-order valence-electron chi connectivity index (χ3n) is 6.68. The highest BCUT2D eigenvalue weighted by Crippen LogP contribution is 2.42. The van der Waals surface area contributed by atoms with Crippen molar-refractivity contribution in [3.63, 3.8) is 0 Å². The zero-order chi connectivity index (χ0) is 30.4. The number of aliphatic hydroxyl groups is 2. The number of nitrogens with one attached hydrogen (secondary N) is 1. The number of rotatable bonds is 12. The molecule has 2 atom stereocenters. The van der Waals surface area contributed by atoms with Crippen LogP contribution in [0.5, 0.6) is 0 Å². The normalized spacial score (nSPS) is 13.0. The van der Waals surface area contributed by atoms with Crippen LogP contribution in [0.3, 0.4) is 0 Å². The number of nitrogens with zero attached hydrogens (tertiary/aromatic N) is 2. The van der Waals surface area contributed by atoms with Crippen LogP contribution in [0.25, 0.3) is 28.3 Å². The number of amides is 1. The van der Waals surface area contributed by atoms with Gasteiger partial charge in [0.1, 0.15) is 23.0 Å². The third kappa shape index (κ3) is 7.20. The average molecular weight is 576 g/mol. The molecule has 2 heterocycles. The van der Waals surface area contributed by atoms with E-state index in [-0.39, 0.29) is 24.9 Å². The van der Waals surface area contributed by atoms with E-state index in [1.807, 2.05) is 48.7 Å². The maximum Gasteiger partial charge on any atom is 0.305 e. The fraction of sp³-hybridized carbons (Fsp3) is 0.281. The fourth-order valence-corrected chi connectivity index (χ4v) is 4.93. The summed E-state index contributed by atoms with van der Waals surface area (Å²) in [5, 5.41) is 36.5. The Hall–Kier alpha value is -4.54. The summed E-state index contributed by atoms with van der Waals surface area (Å²) in [7, 11) is 0. The Kier molecular flexibility index (Phi) is 9.72. The van der Waals surface area contributed by atoms with Gasteiger partial charge in [-0.05, 0) is 50.1 Å².